The average Bonchev–Trinajstić information content (AvgIpc) is 2.68. The molecule has 2 aromatic rings. The molecule has 0 aliphatic carbocycles. The van der Waals surface area contributed by atoms with Gasteiger partial charge in [0.15, 0.2) is 5.54 Å². The van der Waals surface area contributed by atoms with Gasteiger partial charge in [0.2, 0.25) is 10.0 Å². The molecule has 1 unspecified atom stereocenters. The van der Waals surface area contributed by atoms with Crippen LogP contribution in [-0.2, 0) is 26.5 Å². The van der Waals surface area contributed by atoms with Gasteiger partial charge in [0.1, 0.15) is 5.69 Å². The van der Waals surface area contributed by atoms with Crippen molar-refractivity contribution in [2.24, 2.45) is 0 Å². The van der Waals surface area contributed by atoms with E-state index in [9.17, 15) is 31.5 Å². The van der Waals surface area contributed by atoms with Crippen molar-refractivity contribution in [2.75, 3.05) is 19.6 Å². The van der Waals surface area contributed by atoms with Gasteiger partial charge in [-0.15, -0.1) is 10.2 Å². The molecule has 1 saturated heterocycles. The molecule has 0 bridgehead atoms. The fourth-order valence-corrected chi connectivity index (χ4v) is 4.68. The number of carboxylic acid groups (broad SMARTS) is 1. The quantitative estimate of drug-likeness (QED) is 0.735. The minimum atomic E-state index is -4.63. The highest BCUT2D eigenvalue weighted by molar-refractivity contribution is 7.89. The molecule has 13 heteroatoms. The number of carbonyl (C=O) groups is 1. The topological polar surface area (TPSA) is 125 Å². The molecule has 28 heavy (non-hydrogen) atoms. The molecule has 2 N–H and O–H groups in total. The number of carboxylic acids is 1. The highest BCUT2D eigenvalue weighted by Crippen LogP contribution is 2.35. The molecule has 0 saturated carbocycles. The Labute approximate surface area is 157 Å². The van der Waals surface area contributed by atoms with Crippen molar-refractivity contribution in [1.29, 1.82) is 0 Å². The van der Waals surface area contributed by atoms with Crippen LogP contribution in [0.5, 0.6) is 0 Å². The minimum Gasteiger partial charge on any atom is -0.480 e. The molecular weight excluding hydrogens is 403 g/mol. The third-order valence-corrected chi connectivity index (χ3v) is 6.29. The smallest absolute Gasteiger partial charge is 0.416 e. The number of sulfonamides is 1. The maximum absolute atomic E-state index is 13.1. The number of nitrogens with zero attached hydrogens (tertiary/aromatic N) is 4. The Morgan fingerprint density at radius 2 is 1.89 bits per heavy atom. The number of piperazine rings is 1. The van der Waals surface area contributed by atoms with Crippen LogP contribution in [0.25, 0.3) is 0 Å². The highest BCUT2D eigenvalue weighted by atomic mass is 32.2. The number of aromatic nitrogens is 3. The Kier molecular flexibility index (Phi) is 5.08. The van der Waals surface area contributed by atoms with Crippen LogP contribution in [0.4, 0.5) is 13.2 Å². The van der Waals surface area contributed by atoms with Crippen LogP contribution in [0, 0.1) is 0 Å². The molecule has 150 valence electrons. The van der Waals surface area contributed by atoms with Crippen molar-refractivity contribution in [3.8, 4) is 0 Å². The van der Waals surface area contributed by atoms with Crippen molar-refractivity contribution in [3.05, 3.63) is 47.8 Å². The summed E-state index contributed by atoms with van der Waals surface area (Å²) in [5.41, 5.74) is -3.32. The predicted molar refractivity (Wildman–Crippen MR) is 87.3 cm³/mol. The van der Waals surface area contributed by atoms with E-state index in [1.165, 1.54) is 12.3 Å². The zero-order valence-corrected chi connectivity index (χ0v) is 14.9. The predicted octanol–water partition coefficient (Wildman–Crippen LogP) is 0.464. The van der Waals surface area contributed by atoms with E-state index in [-0.39, 0.29) is 25.3 Å². The first kappa shape index (κ1) is 20.1. The van der Waals surface area contributed by atoms with Gasteiger partial charge in [-0.05, 0) is 35.5 Å². The molecule has 1 aliphatic heterocycles. The number of hydrogen-bond acceptors (Lipinski definition) is 7. The normalized spacial score (nSPS) is 21.4. The first-order chi connectivity index (χ1) is 13.1. The molecule has 0 spiro atoms. The first-order valence-corrected chi connectivity index (χ1v) is 9.33. The van der Waals surface area contributed by atoms with Gasteiger partial charge in [0.25, 0.3) is 0 Å². The number of alkyl halides is 3. The fraction of sp³-hybridized carbons (Fsp3) is 0.333. The van der Waals surface area contributed by atoms with Gasteiger partial charge < -0.3 is 10.4 Å². The number of hydrogen-bond donors (Lipinski definition) is 2. The highest BCUT2D eigenvalue weighted by Gasteiger charge is 2.54. The van der Waals surface area contributed by atoms with E-state index < -0.39 is 38.2 Å². The number of halogens is 3. The summed E-state index contributed by atoms with van der Waals surface area (Å²) in [6.07, 6.45) is -3.46. The molecular formula is C15H14F3N5O4S. The molecule has 0 radical (unpaired) electrons. The summed E-state index contributed by atoms with van der Waals surface area (Å²) < 4.78 is 65.2. The molecule has 3 rings (SSSR count). The van der Waals surface area contributed by atoms with Gasteiger partial charge in [-0.2, -0.15) is 17.5 Å². The lowest BCUT2D eigenvalue weighted by molar-refractivity contribution is -0.150. The van der Waals surface area contributed by atoms with Crippen molar-refractivity contribution in [3.63, 3.8) is 0 Å². The van der Waals surface area contributed by atoms with E-state index in [1.54, 1.807) is 0 Å². The van der Waals surface area contributed by atoms with Crippen LogP contribution in [0.2, 0.25) is 0 Å². The lowest BCUT2D eigenvalue weighted by Crippen LogP contribution is -2.64. The van der Waals surface area contributed by atoms with Gasteiger partial charge in [0, 0.05) is 19.6 Å². The minimum absolute atomic E-state index is 0.146. The standard InChI is InChI=1S/C15H14F3N5O4S/c16-15(17,18)10-1-3-11(4-2-10)28(26,27)23-8-7-19-9-14(23,13(24)25)12-5-6-20-22-21-12/h1-6,19H,7-9H2,(H,24,25). The SMILES string of the molecule is O=C(O)C1(c2ccnnn2)CNCCN1S(=O)(=O)c1ccc(C(F)(F)F)cc1. The molecule has 1 aliphatic rings. The van der Waals surface area contributed by atoms with E-state index >= 15 is 0 Å². The summed E-state index contributed by atoms with van der Waals surface area (Å²) in [6.45, 7) is -0.395. The van der Waals surface area contributed by atoms with Gasteiger partial charge >= 0.3 is 12.1 Å². The summed E-state index contributed by atoms with van der Waals surface area (Å²) >= 11 is 0. The summed E-state index contributed by atoms with van der Waals surface area (Å²) in [5, 5.41) is 23.2. The van der Waals surface area contributed by atoms with Gasteiger partial charge in [0.05, 0.1) is 16.7 Å². The van der Waals surface area contributed by atoms with E-state index in [0.717, 1.165) is 12.1 Å². The Morgan fingerprint density at radius 1 is 1.21 bits per heavy atom. The summed E-state index contributed by atoms with van der Waals surface area (Å²) in [5.74, 6) is -1.50. The first-order valence-electron chi connectivity index (χ1n) is 7.89. The Bertz CT molecular complexity index is 969. The van der Waals surface area contributed by atoms with Crippen LogP contribution < -0.4 is 5.32 Å². The number of rotatable bonds is 4. The van der Waals surface area contributed by atoms with Crippen LogP contribution >= 0.6 is 0 Å². The second-order valence-electron chi connectivity index (χ2n) is 5.95. The molecule has 9 nitrogen and oxygen atoms in total. The Balaban J connectivity index is 2.11. The number of nitrogens with one attached hydrogen (secondary N) is 1. The van der Waals surface area contributed by atoms with Crippen molar-refractivity contribution in [2.45, 2.75) is 16.6 Å². The zero-order valence-electron chi connectivity index (χ0n) is 14.1. The monoisotopic (exact) mass is 417 g/mol. The molecule has 1 aromatic heterocycles. The van der Waals surface area contributed by atoms with E-state index in [1.807, 2.05) is 0 Å². The molecule has 0 amide bonds. The Hall–Kier alpha value is -2.64. The molecule has 1 aromatic carbocycles. The second-order valence-corrected chi connectivity index (χ2v) is 7.81. The van der Waals surface area contributed by atoms with Crippen LogP contribution in [-0.4, -0.2) is 58.8 Å². The lowest BCUT2D eigenvalue weighted by Gasteiger charge is -2.42. The largest absolute Gasteiger partial charge is 0.480 e. The third kappa shape index (κ3) is 3.31. The van der Waals surface area contributed by atoms with Gasteiger partial charge in [-0.1, -0.05) is 0 Å². The molecule has 1 atom stereocenters. The maximum atomic E-state index is 13.1. The van der Waals surface area contributed by atoms with E-state index in [4.69, 9.17) is 0 Å². The lowest BCUT2D eigenvalue weighted by atomic mass is 9.93. The van der Waals surface area contributed by atoms with Crippen molar-refractivity contribution in [1.82, 2.24) is 25.0 Å². The van der Waals surface area contributed by atoms with Crippen LogP contribution in [0.1, 0.15) is 11.3 Å². The van der Waals surface area contributed by atoms with Crippen LogP contribution in [0.15, 0.2) is 41.4 Å². The van der Waals surface area contributed by atoms with E-state index in [0.29, 0.717) is 16.4 Å². The second kappa shape index (κ2) is 7.07. The number of benzene rings is 1. The zero-order chi connectivity index (χ0) is 20.6. The van der Waals surface area contributed by atoms with Crippen molar-refractivity contribution < 1.29 is 31.5 Å². The molecule has 2 heterocycles. The molecule has 1 fully saturated rings. The van der Waals surface area contributed by atoms with Gasteiger partial charge in [-0.3, -0.25) is 0 Å². The van der Waals surface area contributed by atoms with Crippen LogP contribution in [0.3, 0.4) is 0 Å². The number of aliphatic carboxylic acids is 1. The fourth-order valence-electron chi connectivity index (χ4n) is 2.97. The third-order valence-electron chi connectivity index (χ3n) is 4.35. The van der Waals surface area contributed by atoms with E-state index in [2.05, 4.69) is 20.7 Å². The summed E-state index contributed by atoms with van der Waals surface area (Å²) in [7, 11) is -4.47. The Morgan fingerprint density at radius 3 is 2.43 bits per heavy atom. The summed E-state index contributed by atoms with van der Waals surface area (Å²) in [4.78, 5) is 11.7. The maximum Gasteiger partial charge on any atom is 0.416 e. The van der Waals surface area contributed by atoms with Gasteiger partial charge in [-0.25, -0.2) is 13.2 Å². The summed E-state index contributed by atoms with van der Waals surface area (Å²) in [6, 6.07) is 4.08. The van der Waals surface area contributed by atoms with Crippen molar-refractivity contribution >= 4 is 16.0 Å². The average molecular weight is 417 g/mol.